The average molecular weight is 269 g/mol. The van der Waals surface area contributed by atoms with Crippen LogP contribution in [0.4, 0.5) is 0 Å². The third-order valence-electron chi connectivity index (χ3n) is 4.18. The van der Waals surface area contributed by atoms with Gasteiger partial charge in [-0.3, -0.25) is 9.69 Å². The molecule has 112 valence electrons. The van der Waals surface area contributed by atoms with E-state index in [1.807, 2.05) is 25.7 Å². The summed E-state index contributed by atoms with van der Waals surface area (Å²) in [6.45, 7) is 13.2. The number of likely N-dealkylation sites (tertiary alicyclic amines) is 1. The fourth-order valence-electron chi connectivity index (χ4n) is 2.73. The maximum atomic E-state index is 12.1. The third-order valence-corrected chi connectivity index (χ3v) is 4.18. The lowest BCUT2D eigenvalue weighted by Gasteiger charge is -2.33. The molecular weight excluding hydrogens is 238 g/mol. The van der Waals surface area contributed by atoms with Gasteiger partial charge in [-0.2, -0.15) is 0 Å². The first kappa shape index (κ1) is 16.4. The van der Waals surface area contributed by atoms with Crippen LogP contribution >= 0.6 is 0 Å². The van der Waals surface area contributed by atoms with Crippen LogP contribution in [0.3, 0.4) is 0 Å². The molecule has 19 heavy (non-hydrogen) atoms. The Balaban J connectivity index is 2.32. The number of piperidine rings is 1. The molecule has 0 aromatic rings. The summed E-state index contributed by atoms with van der Waals surface area (Å²) in [5, 5.41) is 3.40. The van der Waals surface area contributed by atoms with Crippen LogP contribution in [0.15, 0.2) is 0 Å². The summed E-state index contributed by atoms with van der Waals surface area (Å²) >= 11 is 0. The Labute approximate surface area is 118 Å². The van der Waals surface area contributed by atoms with Gasteiger partial charge in [-0.05, 0) is 53.6 Å². The van der Waals surface area contributed by atoms with Crippen LogP contribution in [0.1, 0.15) is 47.0 Å². The molecule has 1 heterocycles. The van der Waals surface area contributed by atoms with Crippen molar-refractivity contribution in [2.45, 2.75) is 59.0 Å². The van der Waals surface area contributed by atoms with Crippen molar-refractivity contribution in [1.82, 2.24) is 15.1 Å². The number of carbonyl (C=O) groups is 1. The van der Waals surface area contributed by atoms with Gasteiger partial charge in [-0.15, -0.1) is 0 Å². The molecule has 1 aliphatic rings. The molecule has 1 saturated heterocycles. The van der Waals surface area contributed by atoms with E-state index in [2.05, 4.69) is 17.1 Å². The van der Waals surface area contributed by atoms with Gasteiger partial charge in [0, 0.05) is 25.7 Å². The van der Waals surface area contributed by atoms with Crippen LogP contribution in [0.2, 0.25) is 0 Å². The summed E-state index contributed by atoms with van der Waals surface area (Å²) in [4.78, 5) is 16.6. The summed E-state index contributed by atoms with van der Waals surface area (Å²) in [7, 11) is 0. The van der Waals surface area contributed by atoms with E-state index in [-0.39, 0.29) is 11.9 Å². The maximum Gasteiger partial charge on any atom is 0.239 e. The van der Waals surface area contributed by atoms with E-state index < -0.39 is 0 Å². The Bertz CT molecular complexity index is 260. The minimum atomic E-state index is -0.0767. The Hall–Kier alpha value is -0.610. The molecule has 0 radical (unpaired) electrons. The Morgan fingerprint density at radius 1 is 1.16 bits per heavy atom. The van der Waals surface area contributed by atoms with Crippen molar-refractivity contribution in [2.24, 2.45) is 0 Å². The maximum absolute atomic E-state index is 12.1. The van der Waals surface area contributed by atoms with Gasteiger partial charge < -0.3 is 10.2 Å². The molecular formula is C15H31N3O. The van der Waals surface area contributed by atoms with Crippen molar-refractivity contribution in [1.29, 1.82) is 0 Å². The second-order valence-electron chi connectivity index (χ2n) is 5.59. The number of carbonyl (C=O) groups excluding carboxylic acids is 1. The topological polar surface area (TPSA) is 35.6 Å². The lowest BCUT2D eigenvalue weighted by atomic mass is 10.1. The number of nitrogens with zero attached hydrogens (tertiary/aromatic N) is 2. The molecule has 0 bridgehead atoms. The first-order valence-electron chi connectivity index (χ1n) is 7.86. The van der Waals surface area contributed by atoms with Gasteiger partial charge in [0.1, 0.15) is 0 Å². The van der Waals surface area contributed by atoms with Crippen molar-refractivity contribution in [2.75, 3.05) is 32.7 Å². The summed E-state index contributed by atoms with van der Waals surface area (Å²) < 4.78 is 0. The van der Waals surface area contributed by atoms with Gasteiger partial charge in [0.2, 0.25) is 5.91 Å². The average Bonchev–Trinajstić information content (AvgIpc) is 2.46. The number of likely N-dealkylation sites (N-methyl/N-ethyl adjacent to an activating group) is 1. The zero-order valence-corrected chi connectivity index (χ0v) is 13.1. The van der Waals surface area contributed by atoms with E-state index in [9.17, 15) is 4.79 Å². The summed E-state index contributed by atoms with van der Waals surface area (Å²) in [5.74, 6) is 0.218. The highest BCUT2D eigenvalue weighted by atomic mass is 16.2. The van der Waals surface area contributed by atoms with Crippen LogP contribution in [0.25, 0.3) is 0 Å². The molecule has 4 nitrogen and oxygen atoms in total. The molecule has 1 N–H and O–H groups in total. The molecule has 0 spiro atoms. The quantitative estimate of drug-likeness (QED) is 0.764. The second-order valence-corrected chi connectivity index (χ2v) is 5.59. The fourth-order valence-corrected chi connectivity index (χ4v) is 2.73. The van der Waals surface area contributed by atoms with Crippen molar-refractivity contribution in [3.63, 3.8) is 0 Å². The van der Waals surface area contributed by atoms with E-state index in [1.165, 1.54) is 32.4 Å². The molecule has 0 aliphatic carbocycles. The van der Waals surface area contributed by atoms with Crippen LogP contribution in [0.5, 0.6) is 0 Å². The summed E-state index contributed by atoms with van der Waals surface area (Å²) in [5.41, 5.74) is 0. The zero-order chi connectivity index (χ0) is 14.3. The van der Waals surface area contributed by atoms with Gasteiger partial charge >= 0.3 is 0 Å². The van der Waals surface area contributed by atoms with E-state index >= 15 is 0 Å². The van der Waals surface area contributed by atoms with Gasteiger partial charge in [-0.1, -0.05) is 6.42 Å². The molecule has 0 saturated carbocycles. The third kappa shape index (κ3) is 5.11. The molecule has 4 heteroatoms. The van der Waals surface area contributed by atoms with E-state index in [1.54, 1.807) is 0 Å². The largest absolute Gasteiger partial charge is 0.342 e. The van der Waals surface area contributed by atoms with Crippen molar-refractivity contribution < 1.29 is 4.79 Å². The highest BCUT2D eigenvalue weighted by Crippen LogP contribution is 2.11. The first-order valence-corrected chi connectivity index (χ1v) is 7.86. The SMILES string of the molecule is CCN(CC)C(=O)C(C)NCC(C)N1CCCCC1. The Morgan fingerprint density at radius 3 is 2.26 bits per heavy atom. The molecule has 1 rings (SSSR count). The molecule has 0 aromatic carbocycles. The van der Waals surface area contributed by atoms with Crippen LogP contribution in [-0.2, 0) is 4.79 Å². The van der Waals surface area contributed by atoms with Crippen LogP contribution in [0, 0.1) is 0 Å². The molecule has 2 atom stereocenters. The minimum Gasteiger partial charge on any atom is -0.342 e. The zero-order valence-electron chi connectivity index (χ0n) is 13.1. The Kier molecular flexibility index (Phi) is 7.39. The van der Waals surface area contributed by atoms with Gasteiger partial charge in [0.05, 0.1) is 6.04 Å². The highest BCUT2D eigenvalue weighted by Gasteiger charge is 2.20. The lowest BCUT2D eigenvalue weighted by Crippen LogP contribution is -2.49. The first-order chi connectivity index (χ1) is 9.10. The standard InChI is InChI=1S/C15H31N3O/c1-5-17(6-2)15(19)14(4)16-12-13(3)18-10-8-7-9-11-18/h13-14,16H,5-12H2,1-4H3. The number of hydrogen-bond acceptors (Lipinski definition) is 3. The highest BCUT2D eigenvalue weighted by molar-refractivity contribution is 5.81. The predicted molar refractivity (Wildman–Crippen MR) is 80.3 cm³/mol. The van der Waals surface area contributed by atoms with Crippen molar-refractivity contribution in [3.05, 3.63) is 0 Å². The van der Waals surface area contributed by atoms with E-state index in [0.717, 1.165) is 19.6 Å². The number of hydrogen-bond donors (Lipinski definition) is 1. The van der Waals surface area contributed by atoms with Crippen molar-refractivity contribution >= 4 is 5.91 Å². The van der Waals surface area contributed by atoms with Gasteiger partial charge in [0.15, 0.2) is 0 Å². The second kappa shape index (κ2) is 8.54. The number of rotatable bonds is 7. The Morgan fingerprint density at radius 2 is 1.74 bits per heavy atom. The molecule has 1 fully saturated rings. The summed E-state index contributed by atoms with van der Waals surface area (Å²) in [6.07, 6.45) is 4.00. The minimum absolute atomic E-state index is 0.0767. The van der Waals surface area contributed by atoms with Crippen molar-refractivity contribution in [3.8, 4) is 0 Å². The van der Waals surface area contributed by atoms with Gasteiger partial charge in [0.25, 0.3) is 0 Å². The summed E-state index contributed by atoms with van der Waals surface area (Å²) in [6, 6.07) is 0.444. The molecule has 2 unspecified atom stereocenters. The predicted octanol–water partition coefficient (Wildman–Crippen LogP) is 1.71. The van der Waals surface area contributed by atoms with E-state index in [0.29, 0.717) is 6.04 Å². The van der Waals surface area contributed by atoms with E-state index in [4.69, 9.17) is 0 Å². The van der Waals surface area contributed by atoms with Crippen LogP contribution < -0.4 is 5.32 Å². The van der Waals surface area contributed by atoms with Crippen LogP contribution in [-0.4, -0.2) is 60.5 Å². The van der Waals surface area contributed by atoms with Gasteiger partial charge in [-0.25, -0.2) is 0 Å². The molecule has 1 amide bonds. The number of nitrogens with one attached hydrogen (secondary N) is 1. The smallest absolute Gasteiger partial charge is 0.239 e. The fraction of sp³-hybridized carbons (Fsp3) is 0.933. The molecule has 1 aliphatic heterocycles. The monoisotopic (exact) mass is 269 g/mol. The normalized spacial score (nSPS) is 20.0. The lowest BCUT2D eigenvalue weighted by molar-refractivity contribution is -0.132. The number of amides is 1. The molecule has 0 aromatic heterocycles.